The normalized spacial score (nSPS) is 11.3. The summed E-state index contributed by atoms with van der Waals surface area (Å²) in [5, 5.41) is 20.5. The Morgan fingerprint density at radius 1 is 1.24 bits per heavy atom. The van der Waals surface area contributed by atoms with E-state index in [1.165, 1.54) is 36.6 Å². The Bertz CT molecular complexity index is 1100. The van der Waals surface area contributed by atoms with Crippen LogP contribution < -0.4 is 5.43 Å². The fourth-order valence-electron chi connectivity index (χ4n) is 2.52. The Balaban J connectivity index is 2.10. The van der Waals surface area contributed by atoms with Crippen molar-refractivity contribution in [3.8, 4) is 6.07 Å². The maximum Gasteiger partial charge on any atom is 0.269 e. The van der Waals surface area contributed by atoms with Crippen molar-refractivity contribution in [3.63, 3.8) is 0 Å². The summed E-state index contributed by atoms with van der Waals surface area (Å²) in [6.45, 7) is 1.85. The van der Waals surface area contributed by atoms with Crippen LogP contribution in [0.5, 0.6) is 0 Å². The number of aryl methyl sites for hydroxylation is 1. The van der Waals surface area contributed by atoms with E-state index in [2.05, 4.69) is 0 Å². The molecule has 0 unspecified atom stereocenters. The summed E-state index contributed by atoms with van der Waals surface area (Å²) in [7, 11) is 0. The third kappa shape index (κ3) is 3.03. The zero-order valence-corrected chi connectivity index (χ0v) is 13.2. The van der Waals surface area contributed by atoms with Crippen molar-refractivity contribution >= 4 is 28.3 Å². The van der Waals surface area contributed by atoms with Gasteiger partial charge in [0.1, 0.15) is 11.8 Å². The van der Waals surface area contributed by atoms with E-state index < -0.39 is 4.92 Å². The van der Waals surface area contributed by atoms with Crippen LogP contribution in [-0.2, 0) is 0 Å². The van der Waals surface area contributed by atoms with Gasteiger partial charge in [-0.15, -0.1) is 0 Å². The number of nitro groups is 1. The highest BCUT2D eigenvalue weighted by Gasteiger charge is 2.10. The maximum atomic E-state index is 12.6. The number of allylic oxidation sites excluding steroid dienone is 1. The fraction of sp³-hybridized carbons (Fsp3) is 0.0526. The highest BCUT2D eigenvalue weighted by atomic mass is 16.6. The zero-order chi connectivity index (χ0) is 18.0. The molecular weight excluding hydrogens is 320 g/mol. The van der Waals surface area contributed by atoms with Gasteiger partial charge in [0.15, 0.2) is 5.43 Å². The lowest BCUT2D eigenvalue weighted by atomic mass is 10.0. The van der Waals surface area contributed by atoms with Crippen LogP contribution in [0.15, 0.2) is 57.9 Å². The van der Waals surface area contributed by atoms with Gasteiger partial charge in [0.25, 0.3) is 5.69 Å². The minimum Gasteiger partial charge on any atom is -0.463 e. The first-order valence-corrected chi connectivity index (χ1v) is 7.39. The van der Waals surface area contributed by atoms with E-state index >= 15 is 0 Å². The van der Waals surface area contributed by atoms with Crippen LogP contribution in [0, 0.1) is 28.4 Å². The molecule has 0 aliphatic rings. The van der Waals surface area contributed by atoms with E-state index in [-0.39, 0.29) is 22.3 Å². The van der Waals surface area contributed by atoms with Crippen molar-refractivity contribution in [1.29, 1.82) is 5.26 Å². The van der Waals surface area contributed by atoms with Crippen LogP contribution in [0.3, 0.4) is 0 Å². The van der Waals surface area contributed by atoms with Crippen molar-refractivity contribution in [1.82, 2.24) is 0 Å². The minimum absolute atomic E-state index is 0.0678. The number of para-hydroxylation sites is 1. The summed E-state index contributed by atoms with van der Waals surface area (Å²) in [5.74, 6) is 0. The molecular formula is C19H12N2O4. The molecule has 6 heteroatoms. The molecule has 0 radical (unpaired) electrons. The third-order valence-corrected chi connectivity index (χ3v) is 3.83. The van der Waals surface area contributed by atoms with Crippen LogP contribution >= 0.6 is 0 Å². The van der Waals surface area contributed by atoms with Crippen molar-refractivity contribution in [3.05, 3.63) is 85.8 Å². The number of rotatable bonds is 3. The first-order valence-electron chi connectivity index (χ1n) is 7.39. The van der Waals surface area contributed by atoms with Gasteiger partial charge in [0.2, 0.25) is 0 Å². The molecule has 0 fully saturated rings. The van der Waals surface area contributed by atoms with Gasteiger partial charge in [-0.3, -0.25) is 14.9 Å². The topological polar surface area (TPSA) is 97.1 Å². The lowest BCUT2D eigenvalue weighted by molar-refractivity contribution is -0.384. The summed E-state index contributed by atoms with van der Waals surface area (Å²) < 4.78 is 5.54. The first-order chi connectivity index (χ1) is 12.0. The third-order valence-electron chi connectivity index (χ3n) is 3.83. The van der Waals surface area contributed by atoms with Crippen molar-refractivity contribution in [2.75, 3.05) is 0 Å². The fourth-order valence-corrected chi connectivity index (χ4v) is 2.52. The van der Waals surface area contributed by atoms with Gasteiger partial charge in [-0.05, 0) is 42.3 Å². The zero-order valence-electron chi connectivity index (χ0n) is 13.2. The molecule has 0 saturated heterocycles. The van der Waals surface area contributed by atoms with E-state index in [4.69, 9.17) is 4.42 Å². The number of non-ortho nitro benzene ring substituents is 1. The van der Waals surface area contributed by atoms with Crippen LogP contribution in [0.2, 0.25) is 0 Å². The summed E-state index contributed by atoms with van der Waals surface area (Å²) in [6, 6.07) is 12.9. The van der Waals surface area contributed by atoms with Crippen LogP contribution in [0.1, 0.15) is 16.7 Å². The first kappa shape index (κ1) is 16.1. The van der Waals surface area contributed by atoms with Gasteiger partial charge in [0.05, 0.1) is 27.5 Å². The molecule has 0 saturated carbocycles. The average Bonchev–Trinajstić information content (AvgIpc) is 2.62. The van der Waals surface area contributed by atoms with Crippen molar-refractivity contribution in [2.45, 2.75) is 6.92 Å². The summed E-state index contributed by atoms with van der Waals surface area (Å²) in [5.41, 5.74) is 2.00. The van der Waals surface area contributed by atoms with E-state index in [0.717, 1.165) is 5.56 Å². The smallest absolute Gasteiger partial charge is 0.269 e. The largest absolute Gasteiger partial charge is 0.463 e. The maximum absolute atomic E-state index is 12.6. The van der Waals surface area contributed by atoms with Gasteiger partial charge in [-0.25, -0.2) is 0 Å². The van der Waals surface area contributed by atoms with Crippen LogP contribution in [0.25, 0.3) is 22.6 Å². The number of hydrogen-bond donors (Lipinski definition) is 0. The van der Waals surface area contributed by atoms with Crippen molar-refractivity contribution < 1.29 is 9.34 Å². The van der Waals surface area contributed by atoms with Gasteiger partial charge in [0, 0.05) is 12.1 Å². The number of fused-ring (bicyclic) bond motifs is 1. The van der Waals surface area contributed by atoms with E-state index in [1.807, 2.05) is 19.1 Å². The molecule has 0 bridgehead atoms. The number of nitriles is 1. The van der Waals surface area contributed by atoms with Crippen LogP contribution in [-0.4, -0.2) is 4.92 Å². The standard InChI is InChI=1S/C19H12N2O4/c1-12-3-2-4-17-18(22)15(11-25-19(12)17)9-14(10-20)13-5-7-16(8-6-13)21(23)24/h2-9,11H,1H3/b14-9+. The van der Waals surface area contributed by atoms with E-state index in [0.29, 0.717) is 16.5 Å². The summed E-state index contributed by atoms with van der Waals surface area (Å²) in [4.78, 5) is 22.8. The molecule has 1 aromatic heterocycles. The number of benzene rings is 2. The van der Waals surface area contributed by atoms with Gasteiger partial charge >= 0.3 is 0 Å². The Morgan fingerprint density at radius 2 is 1.96 bits per heavy atom. The highest BCUT2D eigenvalue weighted by Crippen LogP contribution is 2.21. The minimum atomic E-state index is -0.514. The average molecular weight is 332 g/mol. The summed E-state index contributed by atoms with van der Waals surface area (Å²) in [6.07, 6.45) is 2.75. The highest BCUT2D eigenvalue weighted by molar-refractivity contribution is 5.91. The Hall–Kier alpha value is -3.72. The van der Waals surface area contributed by atoms with Crippen molar-refractivity contribution in [2.24, 2.45) is 0 Å². The molecule has 1 heterocycles. The molecule has 0 amide bonds. The predicted molar refractivity (Wildman–Crippen MR) is 93.8 cm³/mol. The molecule has 0 aliphatic heterocycles. The molecule has 3 rings (SSSR count). The molecule has 0 N–H and O–H groups in total. The SMILES string of the molecule is Cc1cccc2c(=O)c(/C=C(\C#N)c3ccc([N+](=O)[O-])cc3)coc12. The lowest BCUT2D eigenvalue weighted by Gasteiger charge is -2.03. The molecule has 0 aliphatic carbocycles. The number of nitro benzene ring substituents is 1. The Morgan fingerprint density at radius 3 is 2.60 bits per heavy atom. The Labute approximate surface area is 142 Å². The molecule has 122 valence electrons. The molecule has 0 spiro atoms. The summed E-state index contributed by atoms with van der Waals surface area (Å²) >= 11 is 0. The molecule has 3 aromatic rings. The lowest BCUT2D eigenvalue weighted by Crippen LogP contribution is -2.05. The number of nitrogens with zero attached hydrogens (tertiary/aromatic N) is 2. The van der Waals surface area contributed by atoms with Gasteiger partial charge < -0.3 is 4.42 Å². The van der Waals surface area contributed by atoms with Gasteiger partial charge in [-0.1, -0.05) is 12.1 Å². The second kappa shape index (κ2) is 6.42. The molecule has 25 heavy (non-hydrogen) atoms. The second-order valence-electron chi connectivity index (χ2n) is 5.45. The quantitative estimate of drug-likeness (QED) is 0.409. The monoisotopic (exact) mass is 332 g/mol. The predicted octanol–water partition coefficient (Wildman–Crippen LogP) is 4.07. The molecule has 6 nitrogen and oxygen atoms in total. The van der Waals surface area contributed by atoms with E-state index in [9.17, 15) is 20.2 Å². The van der Waals surface area contributed by atoms with E-state index in [1.54, 1.807) is 12.1 Å². The van der Waals surface area contributed by atoms with Crippen LogP contribution in [0.4, 0.5) is 5.69 Å². The molecule has 0 atom stereocenters. The Kier molecular flexibility index (Phi) is 4.14. The number of hydrogen-bond acceptors (Lipinski definition) is 5. The van der Waals surface area contributed by atoms with Gasteiger partial charge in [-0.2, -0.15) is 5.26 Å². The second-order valence-corrected chi connectivity index (χ2v) is 5.45. The molecule has 2 aromatic carbocycles.